The lowest BCUT2D eigenvalue weighted by Gasteiger charge is -2.31. The fourth-order valence-corrected chi connectivity index (χ4v) is 3.14. The minimum atomic E-state index is 0.0733. The van der Waals surface area contributed by atoms with Gasteiger partial charge in [-0.2, -0.15) is 0 Å². The molecule has 0 bridgehead atoms. The third kappa shape index (κ3) is 4.26. The van der Waals surface area contributed by atoms with Crippen LogP contribution in [0.3, 0.4) is 0 Å². The third-order valence-electron chi connectivity index (χ3n) is 4.34. The molecule has 24 heavy (non-hydrogen) atoms. The minimum Gasteiger partial charge on any atom is -0.380 e. The van der Waals surface area contributed by atoms with Crippen LogP contribution in [-0.4, -0.2) is 28.9 Å². The number of rotatable bonds is 4. The fraction of sp³-hybridized carbons (Fsp3) is 0.368. The highest BCUT2D eigenvalue weighted by Crippen LogP contribution is 2.19. The Morgan fingerprint density at radius 3 is 2.88 bits per heavy atom. The van der Waals surface area contributed by atoms with Crippen molar-refractivity contribution in [2.45, 2.75) is 26.3 Å². The summed E-state index contributed by atoms with van der Waals surface area (Å²) in [6, 6.07) is 9.58. The SMILES string of the molecule is CC1CCCN(C(=O)c2cncc(NCc3ccc(Cl)cc3)c2)C1. The van der Waals surface area contributed by atoms with Crippen LogP contribution in [0.15, 0.2) is 42.7 Å². The summed E-state index contributed by atoms with van der Waals surface area (Å²) in [7, 11) is 0. The molecule has 0 aliphatic carbocycles. The Balaban J connectivity index is 1.65. The monoisotopic (exact) mass is 343 g/mol. The molecule has 2 aromatic rings. The molecule has 1 aliphatic rings. The number of nitrogens with one attached hydrogen (secondary N) is 1. The van der Waals surface area contributed by atoms with Crippen molar-refractivity contribution in [3.8, 4) is 0 Å². The Morgan fingerprint density at radius 1 is 1.33 bits per heavy atom. The number of aromatic nitrogens is 1. The number of hydrogen-bond donors (Lipinski definition) is 1. The molecule has 5 heteroatoms. The van der Waals surface area contributed by atoms with Gasteiger partial charge in [0.15, 0.2) is 0 Å². The van der Waals surface area contributed by atoms with Crippen molar-refractivity contribution < 1.29 is 4.79 Å². The predicted molar refractivity (Wildman–Crippen MR) is 97.3 cm³/mol. The van der Waals surface area contributed by atoms with E-state index in [0.29, 0.717) is 18.0 Å². The molecule has 1 saturated heterocycles. The highest BCUT2D eigenvalue weighted by atomic mass is 35.5. The number of piperidine rings is 1. The number of nitrogens with zero attached hydrogens (tertiary/aromatic N) is 2. The van der Waals surface area contributed by atoms with Crippen molar-refractivity contribution in [1.29, 1.82) is 0 Å². The van der Waals surface area contributed by atoms with Crippen molar-refractivity contribution >= 4 is 23.2 Å². The smallest absolute Gasteiger partial charge is 0.255 e. The van der Waals surface area contributed by atoms with Gasteiger partial charge in [0.2, 0.25) is 0 Å². The van der Waals surface area contributed by atoms with E-state index in [2.05, 4.69) is 17.2 Å². The fourth-order valence-electron chi connectivity index (χ4n) is 3.02. The number of amides is 1. The topological polar surface area (TPSA) is 45.2 Å². The van der Waals surface area contributed by atoms with Gasteiger partial charge in [0, 0.05) is 37.1 Å². The summed E-state index contributed by atoms with van der Waals surface area (Å²) in [4.78, 5) is 18.8. The summed E-state index contributed by atoms with van der Waals surface area (Å²) in [5.74, 6) is 0.645. The molecule has 3 rings (SSSR count). The average Bonchev–Trinajstić information content (AvgIpc) is 2.61. The van der Waals surface area contributed by atoms with E-state index in [1.165, 1.54) is 6.42 Å². The molecule has 1 unspecified atom stereocenters. The maximum absolute atomic E-state index is 12.7. The predicted octanol–water partition coefficient (Wildman–Crippen LogP) is 4.22. The van der Waals surface area contributed by atoms with Gasteiger partial charge in [-0.3, -0.25) is 9.78 Å². The van der Waals surface area contributed by atoms with Gasteiger partial charge in [0.1, 0.15) is 0 Å². The molecule has 1 aliphatic heterocycles. The number of anilines is 1. The standard InChI is InChI=1S/C19H22ClN3O/c1-14-3-2-8-23(13-14)19(24)16-9-18(12-21-11-16)22-10-15-4-6-17(20)7-5-15/h4-7,9,11-12,14,22H,2-3,8,10,13H2,1H3. The summed E-state index contributed by atoms with van der Waals surface area (Å²) in [5, 5.41) is 4.04. The molecule has 126 valence electrons. The second-order valence-corrected chi connectivity index (χ2v) is 6.88. The molecule has 1 amide bonds. The van der Waals surface area contributed by atoms with Crippen LogP contribution in [0, 0.1) is 5.92 Å². The summed E-state index contributed by atoms with van der Waals surface area (Å²) in [6.45, 7) is 4.53. The van der Waals surface area contributed by atoms with Crippen LogP contribution >= 0.6 is 11.6 Å². The largest absolute Gasteiger partial charge is 0.380 e. The van der Waals surface area contributed by atoms with E-state index in [9.17, 15) is 4.79 Å². The quantitative estimate of drug-likeness (QED) is 0.904. The van der Waals surface area contributed by atoms with Gasteiger partial charge in [0.25, 0.3) is 5.91 Å². The Kier molecular flexibility index (Phi) is 5.36. The van der Waals surface area contributed by atoms with E-state index in [0.717, 1.165) is 35.8 Å². The minimum absolute atomic E-state index is 0.0733. The first-order valence-electron chi connectivity index (χ1n) is 8.34. The van der Waals surface area contributed by atoms with E-state index < -0.39 is 0 Å². The Bertz CT molecular complexity index is 702. The first kappa shape index (κ1) is 16.8. The van der Waals surface area contributed by atoms with Crippen molar-refractivity contribution in [1.82, 2.24) is 9.88 Å². The molecule has 4 nitrogen and oxygen atoms in total. The average molecular weight is 344 g/mol. The van der Waals surface area contributed by atoms with Gasteiger partial charge in [-0.15, -0.1) is 0 Å². The molecule has 1 atom stereocenters. The number of benzene rings is 1. The summed E-state index contributed by atoms with van der Waals surface area (Å²) >= 11 is 5.90. The van der Waals surface area contributed by atoms with Crippen LogP contribution in [0.2, 0.25) is 5.02 Å². The zero-order valence-electron chi connectivity index (χ0n) is 13.8. The second-order valence-electron chi connectivity index (χ2n) is 6.44. The lowest BCUT2D eigenvalue weighted by Crippen LogP contribution is -2.39. The zero-order valence-corrected chi connectivity index (χ0v) is 14.6. The first-order valence-corrected chi connectivity index (χ1v) is 8.72. The van der Waals surface area contributed by atoms with Gasteiger partial charge >= 0.3 is 0 Å². The van der Waals surface area contributed by atoms with Crippen molar-refractivity contribution in [2.24, 2.45) is 5.92 Å². The lowest BCUT2D eigenvalue weighted by atomic mass is 10.00. The summed E-state index contributed by atoms with van der Waals surface area (Å²) in [6.07, 6.45) is 5.67. The van der Waals surface area contributed by atoms with E-state index in [-0.39, 0.29) is 5.91 Å². The van der Waals surface area contributed by atoms with Crippen molar-refractivity contribution in [3.05, 3.63) is 58.9 Å². The maximum Gasteiger partial charge on any atom is 0.255 e. The van der Waals surface area contributed by atoms with Crippen molar-refractivity contribution in [3.63, 3.8) is 0 Å². The number of carbonyl (C=O) groups is 1. The van der Waals surface area contributed by atoms with Crippen LogP contribution in [0.1, 0.15) is 35.7 Å². The maximum atomic E-state index is 12.7. The Labute approximate surface area is 147 Å². The molecule has 1 aromatic carbocycles. The van der Waals surface area contributed by atoms with Gasteiger partial charge in [-0.25, -0.2) is 0 Å². The molecule has 1 N–H and O–H groups in total. The van der Waals surface area contributed by atoms with Crippen LogP contribution in [0.5, 0.6) is 0 Å². The second kappa shape index (κ2) is 7.67. The first-order chi connectivity index (χ1) is 11.6. The number of hydrogen-bond acceptors (Lipinski definition) is 3. The number of likely N-dealkylation sites (tertiary alicyclic amines) is 1. The van der Waals surface area contributed by atoms with E-state index in [4.69, 9.17) is 11.6 Å². The van der Waals surface area contributed by atoms with E-state index in [1.807, 2.05) is 35.2 Å². The van der Waals surface area contributed by atoms with Gasteiger partial charge < -0.3 is 10.2 Å². The number of pyridine rings is 1. The Hall–Kier alpha value is -2.07. The normalized spacial score (nSPS) is 17.6. The van der Waals surface area contributed by atoms with E-state index in [1.54, 1.807) is 12.4 Å². The Morgan fingerprint density at radius 2 is 2.12 bits per heavy atom. The highest BCUT2D eigenvalue weighted by Gasteiger charge is 2.22. The van der Waals surface area contributed by atoms with Gasteiger partial charge in [-0.1, -0.05) is 30.7 Å². The van der Waals surface area contributed by atoms with Crippen LogP contribution < -0.4 is 5.32 Å². The lowest BCUT2D eigenvalue weighted by molar-refractivity contribution is 0.0682. The van der Waals surface area contributed by atoms with E-state index >= 15 is 0 Å². The van der Waals surface area contributed by atoms with Crippen LogP contribution in [0.25, 0.3) is 0 Å². The summed E-state index contributed by atoms with van der Waals surface area (Å²) in [5.41, 5.74) is 2.62. The van der Waals surface area contributed by atoms with Crippen molar-refractivity contribution in [2.75, 3.05) is 18.4 Å². The third-order valence-corrected chi connectivity index (χ3v) is 4.59. The zero-order chi connectivity index (χ0) is 16.9. The molecule has 0 radical (unpaired) electrons. The molecular formula is C19H22ClN3O. The van der Waals surface area contributed by atoms with Crippen LogP contribution in [0.4, 0.5) is 5.69 Å². The molecule has 1 aromatic heterocycles. The molecule has 0 spiro atoms. The highest BCUT2D eigenvalue weighted by molar-refractivity contribution is 6.30. The molecule has 2 heterocycles. The molecular weight excluding hydrogens is 322 g/mol. The van der Waals surface area contributed by atoms with Crippen LogP contribution in [-0.2, 0) is 6.54 Å². The van der Waals surface area contributed by atoms with Gasteiger partial charge in [-0.05, 0) is 42.5 Å². The molecule has 1 fully saturated rings. The van der Waals surface area contributed by atoms with Gasteiger partial charge in [0.05, 0.1) is 11.3 Å². The number of halogens is 1. The molecule has 0 saturated carbocycles. The number of carbonyl (C=O) groups excluding carboxylic acids is 1. The summed E-state index contributed by atoms with van der Waals surface area (Å²) < 4.78 is 0.